The first kappa shape index (κ1) is 29.9. The third-order valence-electron chi connectivity index (χ3n) is 9.45. The van der Waals surface area contributed by atoms with E-state index >= 15 is 0 Å². The average Bonchev–Trinajstić information content (AvgIpc) is 3.57. The van der Waals surface area contributed by atoms with Crippen LogP contribution < -0.4 is 10.2 Å². The molecule has 234 valence electrons. The molecule has 46 heavy (non-hydrogen) atoms. The van der Waals surface area contributed by atoms with Crippen LogP contribution in [0.2, 0.25) is 0 Å². The maximum Gasteiger partial charge on any atom is 0.349 e. The number of rotatable bonds is 8. The highest BCUT2D eigenvalue weighted by Crippen LogP contribution is 2.38. The van der Waals surface area contributed by atoms with Gasteiger partial charge < -0.3 is 5.32 Å². The quantitative estimate of drug-likeness (QED) is 0.217. The van der Waals surface area contributed by atoms with Crippen molar-refractivity contribution >= 4 is 34.7 Å². The Hall–Kier alpha value is -4.75. The number of para-hydroxylation sites is 1. The van der Waals surface area contributed by atoms with Crippen LogP contribution in [-0.2, 0) is 11.3 Å². The molecular formula is C39H41N5O2. The van der Waals surface area contributed by atoms with Gasteiger partial charge >= 0.3 is 6.03 Å². The monoisotopic (exact) mass is 611 g/mol. The fourth-order valence-electron chi connectivity index (χ4n) is 7.12. The Kier molecular flexibility index (Phi) is 8.92. The number of carbonyl (C=O) groups excluding carboxylic acids is 2. The van der Waals surface area contributed by atoms with Crippen LogP contribution in [0.15, 0.2) is 108 Å². The second kappa shape index (κ2) is 13.7. The van der Waals surface area contributed by atoms with Crippen molar-refractivity contribution in [2.24, 2.45) is 11.0 Å². The molecule has 0 unspecified atom stereocenters. The van der Waals surface area contributed by atoms with Crippen molar-refractivity contribution in [3.05, 3.63) is 114 Å². The molecule has 0 atom stereocenters. The molecule has 2 aliphatic heterocycles. The maximum absolute atomic E-state index is 14.7. The molecule has 0 radical (unpaired) electrons. The molecule has 7 heteroatoms. The number of fused-ring (bicyclic) bond motifs is 1. The first-order valence-electron chi connectivity index (χ1n) is 16.7. The van der Waals surface area contributed by atoms with Gasteiger partial charge in [-0.3, -0.25) is 14.6 Å². The lowest BCUT2D eigenvalue weighted by molar-refractivity contribution is -0.117. The average molecular weight is 612 g/mol. The van der Waals surface area contributed by atoms with Gasteiger partial charge in [-0.05, 0) is 85.8 Å². The summed E-state index contributed by atoms with van der Waals surface area (Å²) in [5.41, 5.74) is 7.52. The highest BCUT2D eigenvalue weighted by molar-refractivity contribution is 6.14. The van der Waals surface area contributed by atoms with E-state index in [0.29, 0.717) is 19.0 Å². The van der Waals surface area contributed by atoms with E-state index in [-0.39, 0.29) is 11.9 Å². The van der Waals surface area contributed by atoms with Gasteiger partial charge in [0.2, 0.25) is 5.91 Å². The first-order valence-corrected chi connectivity index (χ1v) is 16.7. The zero-order chi connectivity index (χ0) is 31.3. The summed E-state index contributed by atoms with van der Waals surface area (Å²) in [5, 5.41) is 9.93. The van der Waals surface area contributed by atoms with Crippen molar-refractivity contribution in [2.45, 2.75) is 51.5 Å². The molecular weight excluding hydrogens is 570 g/mol. The summed E-state index contributed by atoms with van der Waals surface area (Å²) >= 11 is 0. The zero-order valence-electron chi connectivity index (χ0n) is 26.3. The predicted octanol–water partition coefficient (Wildman–Crippen LogP) is 8.45. The molecule has 1 saturated carbocycles. The fourth-order valence-corrected chi connectivity index (χ4v) is 7.12. The number of hydrazone groups is 1. The lowest BCUT2D eigenvalue weighted by atomic mass is 9.83. The van der Waals surface area contributed by atoms with Crippen LogP contribution in [0.4, 0.5) is 21.9 Å². The Morgan fingerprint density at radius 3 is 2.17 bits per heavy atom. The van der Waals surface area contributed by atoms with Crippen LogP contribution in [-0.4, -0.2) is 47.2 Å². The summed E-state index contributed by atoms with van der Waals surface area (Å²) in [6.45, 7) is 2.69. The molecule has 2 heterocycles. The molecule has 3 aliphatic rings. The summed E-state index contributed by atoms with van der Waals surface area (Å²) < 4.78 is 0. The van der Waals surface area contributed by atoms with Gasteiger partial charge in [-0.25, -0.2) is 9.80 Å². The van der Waals surface area contributed by atoms with Crippen LogP contribution in [0.3, 0.4) is 0 Å². The molecule has 1 aliphatic carbocycles. The number of anilines is 3. The Bertz CT molecular complexity index is 1710. The summed E-state index contributed by atoms with van der Waals surface area (Å²) in [4.78, 5) is 31.4. The third-order valence-corrected chi connectivity index (χ3v) is 9.45. The molecule has 0 spiro atoms. The summed E-state index contributed by atoms with van der Waals surface area (Å²) in [7, 11) is 0. The van der Waals surface area contributed by atoms with Gasteiger partial charge in [-0.1, -0.05) is 92.1 Å². The normalized spacial score (nSPS) is 17.4. The molecule has 4 aromatic carbocycles. The molecule has 7 nitrogen and oxygen atoms in total. The van der Waals surface area contributed by atoms with Gasteiger partial charge in [0.05, 0.1) is 30.2 Å². The third kappa shape index (κ3) is 6.46. The van der Waals surface area contributed by atoms with E-state index in [4.69, 9.17) is 5.10 Å². The van der Waals surface area contributed by atoms with Crippen molar-refractivity contribution in [1.82, 2.24) is 9.91 Å². The highest BCUT2D eigenvalue weighted by atomic mass is 16.2. The van der Waals surface area contributed by atoms with Crippen molar-refractivity contribution in [3.63, 3.8) is 0 Å². The van der Waals surface area contributed by atoms with E-state index in [1.165, 1.54) is 19.3 Å². The van der Waals surface area contributed by atoms with E-state index in [0.717, 1.165) is 83.8 Å². The standard InChI is InChI=1S/C39H41N5O2/c45-37(28-42-25-11-12-26-42)40-32-21-23-33(24-22-32)44-36-20-10-9-19-35(36)38(30-15-5-2-6-16-30)41-43(39(44)46)27-31-17-7-8-18-34(31)29-13-3-1-4-14-29/h1,3-4,7-10,13-14,17-24,30H,2,5-6,11-12,15-16,25-28H2,(H,40,45). The number of nitrogens with one attached hydrogen (secondary N) is 1. The second-order valence-corrected chi connectivity index (χ2v) is 12.6. The number of benzene rings is 4. The van der Waals surface area contributed by atoms with E-state index in [1.54, 1.807) is 9.91 Å². The second-order valence-electron chi connectivity index (χ2n) is 12.6. The maximum atomic E-state index is 14.7. The van der Waals surface area contributed by atoms with Gasteiger partial charge in [-0.2, -0.15) is 5.10 Å². The number of carbonyl (C=O) groups is 2. The van der Waals surface area contributed by atoms with Crippen molar-refractivity contribution in [1.29, 1.82) is 0 Å². The topological polar surface area (TPSA) is 68.2 Å². The summed E-state index contributed by atoms with van der Waals surface area (Å²) in [6.07, 6.45) is 8.02. The van der Waals surface area contributed by atoms with Gasteiger partial charge in [0.1, 0.15) is 0 Å². The summed E-state index contributed by atoms with van der Waals surface area (Å²) in [6, 6.07) is 34.2. The zero-order valence-corrected chi connectivity index (χ0v) is 26.3. The highest BCUT2D eigenvalue weighted by Gasteiger charge is 2.34. The van der Waals surface area contributed by atoms with Crippen LogP contribution in [0.25, 0.3) is 11.1 Å². The van der Waals surface area contributed by atoms with Crippen molar-refractivity contribution in [2.75, 3.05) is 29.9 Å². The summed E-state index contributed by atoms with van der Waals surface area (Å²) in [5.74, 6) is 0.280. The molecule has 0 aromatic heterocycles. The van der Waals surface area contributed by atoms with Gasteiger partial charge in [0, 0.05) is 17.2 Å². The van der Waals surface area contributed by atoms with Crippen LogP contribution in [0.1, 0.15) is 56.1 Å². The van der Waals surface area contributed by atoms with Gasteiger partial charge in [0.25, 0.3) is 0 Å². The molecule has 4 aromatic rings. The number of nitrogens with zero attached hydrogens (tertiary/aromatic N) is 4. The molecule has 1 saturated heterocycles. The van der Waals surface area contributed by atoms with Gasteiger partial charge in [-0.15, -0.1) is 0 Å². The first-order chi connectivity index (χ1) is 22.6. The Morgan fingerprint density at radius 1 is 0.739 bits per heavy atom. The minimum Gasteiger partial charge on any atom is -0.325 e. The molecule has 2 fully saturated rings. The Balaban J connectivity index is 1.24. The number of amides is 3. The SMILES string of the molecule is O=C(CN1CCCC1)Nc1ccc(N2C(=O)N(Cc3ccccc3-c3ccccc3)N=C(C3CCCCC3)c3ccccc32)cc1. The van der Waals surface area contributed by atoms with E-state index < -0.39 is 0 Å². The number of hydrogen-bond donors (Lipinski definition) is 1. The smallest absolute Gasteiger partial charge is 0.325 e. The lowest BCUT2D eigenvalue weighted by Gasteiger charge is -2.27. The van der Waals surface area contributed by atoms with Crippen molar-refractivity contribution in [3.8, 4) is 11.1 Å². The minimum absolute atomic E-state index is 0.0142. The molecule has 3 amide bonds. The van der Waals surface area contributed by atoms with E-state index in [1.807, 2.05) is 72.8 Å². The van der Waals surface area contributed by atoms with Crippen LogP contribution >= 0.6 is 0 Å². The van der Waals surface area contributed by atoms with E-state index in [9.17, 15) is 9.59 Å². The van der Waals surface area contributed by atoms with Crippen LogP contribution in [0, 0.1) is 5.92 Å². The molecule has 7 rings (SSSR count). The Labute approximate surface area is 271 Å². The number of urea groups is 1. The largest absolute Gasteiger partial charge is 0.349 e. The lowest BCUT2D eigenvalue weighted by Crippen LogP contribution is -2.37. The fraction of sp³-hybridized carbons (Fsp3) is 0.308. The number of likely N-dealkylation sites (tertiary alicyclic amines) is 1. The van der Waals surface area contributed by atoms with Crippen LogP contribution in [0.5, 0.6) is 0 Å². The van der Waals surface area contributed by atoms with Crippen molar-refractivity contribution < 1.29 is 9.59 Å². The number of hydrogen-bond acceptors (Lipinski definition) is 4. The van der Waals surface area contributed by atoms with E-state index in [2.05, 4.69) is 40.5 Å². The van der Waals surface area contributed by atoms with Gasteiger partial charge in [0.15, 0.2) is 0 Å². The molecule has 1 N–H and O–H groups in total. The predicted molar refractivity (Wildman–Crippen MR) is 185 cm³/mol. The molecule has 0 bridgehead atoms. The Morgan fingerprint density at radius 2 is 1.41 bits per heavy atom. The minimum atomic E-state index is -0.202.